The Kier molecular flexibility index (Phi) is 5.86. The van der Waals surface area contributed by atoms with Crippen molar-refractivity contribution >= 4 is 46.8 Å². The minimum absolute atomic E-state index is 0.161. The van der Waals surface area contributed by atoms with Crippen molar-refractivity contribution in [2.75, 3.05) is 0 Å². The van der Waals surface area contributed by atoms with E-state index in [9.17, 15) is 19.2 Å². The third-order valence-corrected chi connectivity index (χ3v) is 10.9. The Hall–Kier alpha value is -2.96. The summed E-state index contributed by atoms with van der Waals surface area (Å²) in [5.74, 6) is -3.51. The fraction of sp³-hybridized carbons (Fsp3) is 0.438. The zero-order chi connectivity index (χ0) is 28.1. The lowest BCUT2D eigenvalue weighted by Gasteiger charge is -2.61. The number of carbonyl (C=O) groups excluding carboxylic acids is 4. The molecule has 2 saturated heterocycles. The average molecular weight is 578 g/mol. The van der Waals surface area contributed by atoms with Crippen molar-refractivity contribution in [2.45, 2.75) is 46.2 Å². The molecule has 5 atom stereocenters. The predicted molar refractivity (Wildman–Crippen MR) is 150 cm³/mol. The van der Waals surface area contributed by atoms with Crippen molar-refractivity contribution in [3.63, 3.8) is 0 Å². The monoisotopic (exact) mass is 576 g/mol. The zero-order valence-electron chi connectivity index (χ0n) is 22.4. The average Bonchev–Trinajstić information content (AvgIpc) is 3.33. The summed E-state index contributed by atoms with van der Waals surface area (Å²) in [6.07, 6.45) is 2.41. The quantitative estimate of drug-likeness (QED) is 0.347. The molecule has 0 unspecified atom stereocenters. The van der Waals surface area contributed by atoms with Gasteiger partial charge in [0.15, 0.2) is 0 Å². The van der Waals surface area contributed by atoms with Gasteiger partial charge in [0.05, 0.1) is 36.8 Å². The van der Waals surface area contributed by atoms with Crippen molar-refractivity contribution in [1.29, 1.82) is 0 Å². The van der Waals surface area contributed by atoms with E-state index >= 15 is 0 Å². The minimum Gasteiger partial charge on any atom is -0.278 e. The van der Waals surface area contributed by atoms with Crippen LogP contribution in [0.4, 0.5) is 0 Å². The molecule has 1 spiro atoms. The molecule has 0 N–H and O–H groups in total. The van der Waals surface area contributed by atoms with Crippen LogP contribution in [0.1, 0.15) is 44.2 Å². The third kappa shape index (κ3) is 3.41. The lowest BCUT2D eigenvalue weighted by atomic mass is 9.39. The van der Waals surface area contributed by atoms with Crippen molar-refractivity contribution in [3.05, 3.63) is 80.8 Å². The first-order valence-electron chi connectivity index (χ1n) is 14.0. The van der Waals surface area contributed by atoms with E-state index in [2.05, 4.69) is 6.92 Å². The van der Waals surface area contributed by atoms with Gasteiger partial charge in [-0.25, -0.2) is 0 Å². The summed E-state index contributed by atoms with van der Waals surface area (Å²) in [5, 5.41) is 1.17. The van der Waals surface area contributed by atoms with Gasteiger partial charge in [-0.05, 0) is 67.5 Å². The van der Waals surface area contributed by atoms with Crippen LogP contribution in [-0.4, -0.2) is 33.4 Å². The number of nitrogens with zero attached hydrogens (tertiary/aromatic N) is 2. The van der Waals surface area contributed by atoms with Crippen LogP contribution in [0.5, 0.6) is 0 Å². The van der Waals surface area contributed by atoms with E-state index in [4.69, 9.17) is 23.2 Å². The van der Waals surface area contributed by atoms with Crippen LogP contribution in [0.25, 0.3) is 0 Å². The number of likely N-dealkylation sites (tertiary alicyclic amines) is 2. The van der Waals surface area contributed by atoms with Gasteiger partial charge in [0.1, 0.15) is 0 Å². The zero-order valence-corrected chi connectivity index (χ0v) is 23.9. The molecule has 8 heteroatoms. The number of hydrogen-bond acceptors (Lipinski definition) is 4. The molecule has 0 radical (unpaired) electrons. The molecule has 4 fully saturated rings. The highest BCUT2D eigenvalue weighted by molar-refractivity contribution is 6.30. The molecule has 4 aliphatic carbocycles. The molecule has 2 aliphatic heterocycles. The summed E-state index contributed by atoms with van der Waals surface area (Å²) in [4.78, 5) is 59.6. The number of allylic oxidation sites excluding steroid dienone is 2. The minimum atomic E-state index is -0.811. The van der Waals surface area contributed by atoms with E-state index in [0.717, 1.165) is 35.1 Å². The number of hydrogen-bond donors (Lipinski definition) is 0. The Morgan fingerprint density at radius 3 is 1.62 bits per heavy atom. The van der Waals surface area contributed by atoms with Gasteiger partial charge in [0.25, 0.3) is 0 Å². The van der Waals surface area contributed by atoms with E-state index in [1.165, 1.54) is 9.80 Å². The summed E-state index contributed by atoms with van der Waals surface area (Å²) in [5.41, 5.74) is 3.03. The molecule has 8 rings (SSSR count). The Labute approximate surface area is 243 Å². The Balaban J connectivity index is 1.32. The SMILES string of the molecule is CC1=C2CC[C@H](C)CC23[C@H]2C(=O)N(Cc4ccc(Cl)cc4)C(=O)[C@@H]2C1[C@H]1C(=O)N(Cc2ccc(Cl)cc2)C(=O)[C@@H]13. The second-order valence-corrected chi connectivity index (χ2v) is 13.2. The first-order chi connectivity index (χ1) is 19.1. The molecule has 2 aromatic carbocycles. The van der Waals surface area contributed by atoms with Gasteiger partial charge in [0, 0.05) is 21.4 Å². The van der Waals surface area contributed by atoms with Crippen molar-refractivity contribution in [2.24, 2.45) is 40.9 Å². The van der Waals surface area contributed by atoms with E-state index in [-0.39, 0.29) is 42.6 Å². The number of amides is 4. The molecule has 6 aliphatic rings. The molecule has 2 heterocycles. The van der Waals surface area contributed by atoms with Crippen LogP contribution in [0.15, 0.2) is 59.7 Å². The fourth-order valence-electron chi connectivity index (χ4n) is 8.94. The number of benzene rings is 2. The van der Waals surface area contributed by atoms with Gasteiger partial charge in [-0.15, -0.1) is 0 Å². The van der Waals surface area contributed by atoms with Crippen molar-refractivity contribution in [1.82, 2.24) is 9.80 Å². The smallest absolute Gasteiger partial charge is 0.234 e. The molecule has 206 valence electrons. The second-order valence-electron chi connectivity index (χ2n) is 12.4. The van der Waals surface area contributed by atoms with E-state index in [1.54, 1.807) is 24.3 Å². The van der Waals surface area contributed by atoms with Crippen LogP contribution in [0.2, 0.25) is 10.0 Å². The van der Waals surface area contributed by atoms with Gasteiger partial charge in [-0.2, -0.15) is 0 Å². The first-order valence-corrected chi connectivity index (χ1v) is 14.8. The summed E-state index contributed by atoms with van der Waals surface area (Å²) in [6, 6.07) is 14.3. The summed E-state index contributed by atoms with van der Waals surface area (Å²) < 4.78 is 0. The maximum absolute atomic E-state index is 14.3. The molecule has 2 saturated carbocycles. The standard InChI is InChI=1S/C32H30Cl2N2O4/c1-16-3-12-22-17(2)23-24-26(30(39)35(28(24)37)14-18-4-8-20(33)9-5-18)32(22,13-16)27-25(23)29(38)36(31(27)40)15-19-6-10-21(34)11-7-19/h4-11,16,23-27H,3,12-15H2,1-2H3/t16-,23?,24+,25+,26+,27+,32?/m0/s1. The Morgan fingerprint density at radius 1 is 0.725 bits per heavy atom. The van der Waals surface area contributed by atoms with Gasteiger partial charge >= 0.3 is 0 Å². The van der Waals surface area contributed by atoms with Gasteiger partial charge in [-0.1, -0.05) is 65.5 Å². The van der Waals surface area contributed by atoms with Crippen LogP contribution in [0.3, 0.4) is 0 Å². The lowest BCUT2D eigenvalue weighted by Crippen LogP contribution is -2.62. The molecule has 40 heavy (non-hydrogen) atoms. The first kappa shape index (κ1) is 26.0. The number of rotatable bonds is 4. The normalized spacial score (nSPS) is 34.5. The highest BCUT2D eigenvalue weighted by Crippen LogP contribution is 2.72. The van der Waals surface area contributed by atoms with Gasteiger partial charge in [-0.3, -0.25) is 29.0 Å². The van der Waals surface area contributed by atoms with Gasteiger partial charge in [0.2, 0.25) is 23.6 Å². The molecule has 0 aromatic heterocycles. The fourth-order valence-corrected chi connectivity index (χ4v) is 9.19. The maximum atomic E-state index is 14.3. The maximum Gasteiger partial charge on any atom is 0.234 e. The van der Waals surface area contributed by atoms with E-state index < -0.39 is 35.0 Å². The van der Waals surface area contributed by atoms with Crippen LogP contribution < -0.4 is 0 Å². The van der Waals surface area contributed by atoms with E-state index in [0.29, 0.717) is 16.5 Å². The summed E-state index contributed by atoms with van der Waals surface area (Å²) in [7, 11) is 0. The molecular formula is C32H30Cl2N2O4. The molecule has 2 bridgehead atoms. The molecule has 4 amide bonds. The number of imide groups is 2. The van der Waals surface area contributed by atoms with E-state index in [1.807, 2.05) is 31.2 Å². The van der Waals surface area contributed by atoms with Crippen LogP contribution in [0, 0.1) is 40.9 Å². The third-order valence-electron chi connectivity index (χ3n) is 10.4. The topological polar surface area (TPSA) is 74.8 Å². The van der Waals surface area contributed by atoms with Crippen LogP contribution >= 0.6 is 23.2 Å². The van der Waals surface area contributed by atoms with Crippen molar-refractivity contribution < 1.29 is 19.2 Å². The second kappa shape index (κ2) is 9.02. The molecular weight excluding hydrogens is 547 g/mol. The highest BCUT2D eigenvalue weighted by atomic mass is 35.5. The Bertz CT molecular complexity index is 1410. The Morgan fingerprint density at radius 2 is 1.18 bits per heavy atom. The van der Waals surface area contributed by atoms with Crippen molar-refractivity contribution in [3.8, 4) is 0 Å². The van der Waals surface area contributed by atoms with Crippen LogP contribution in [-0.2, 0) is 32.3 Å². The molecule has 2 aromatic rings. The highest BCUT2D eigenvalue weighted by Gasteiger charge is 2.77. The largest absolute Gasteiger partial charge is 0.278 e. The van der Waals surface area contributed by atoms with Gasteiger partial charge < -0.3 is 0 Å². The summed E-state index contributed by atoms with van der Waals surface area (Å²) in [6.45, 7) is 4.52. The molecule has 6 nitrogen and oxygen atoms in total. The number of halogens is 2. The predicted octanol–water partition coefficient (Wildman–Crippen LogP) is 5.66. The number of carbonyl (C=O) groups is 4. The lowest BCUT2D eigenvalue weighted by molar-refractivity contribution is -0.154. The summed E-state index contributed by atoms with van der Waals surface area (Å²) >= 11 is 12.1.